The Bertz CT molecular complexity index is 159. The quantitative estimate of drug-likeness (QED) is 0.404. The topological polar surface area (TPSA) is 44.8 Å². The van der Waals surface area contributed by atoms with E-state index in [1.54, 1.807) is 7.11 Å². The molecule has 0 atom stereocenters. The summed E-state index contributed by atoms with van der Waals surface area (Å²) in [5, 5.41) is 0. The summed E-state index contributed by atoms with van der Waals surface area (Å²) < 4.78 is 14.8. The highest BCUT2D eigenvalue weighted by Crippen LogP contribution is 2.02. The molecule has 0 unspecified atom stereocenters. The van der Waals surface area contributed by atoms with Gasteiger partial charge in [-0.2, -0.15) is 0 Å². The van der Waals surface area contributed by atoms with Crippen molar-refractivity contribution in [3.63, 3.8) is 0 Å². The molecule has 0 aromatic carbocycles. The first-order valence-electron chi connectivity index (χ1n) is 6.03. The minimum Gasteiger partial charge on any atom is -0.464 e. The van der Waals surface area contributed by atoms with Gasteiger partial charge in [-0.1, -0.05) is 32.6 Å². The highest BCUT2D eigenvalue weighted by Gasteiger charge is 2.01. The molecule has 0 fully saturated rings. The van der Waals surface area contributed by atoms with Gasteiger partial charge in [0, 0.05) is 7.11 Å². The molecule has 0 bridgehead atoms. The van der Waals surface area contributed by atoms with Crippen LogP contribution in [0.5, 0.6) is 0 Å². The molecule has 0 spiro atoms. The largest absolute Gasteiger partial charge is 0.464 e. The van der Waals surface area contributed by atoms with Gasteiger partial charge < -0.3 is 14.2 Å². The van der Waals surface area contributed by atoms with Crippen molar-refractivity contribution in [2.45, 2.75) is 39.0 Å². The number of hydrogen-bond donors (Lipinski definition) is 0. The fourth-order valence-electron chi connectivity index (χ4n) is 1.23. The predicted molar refractivity (Wildman–Crippen MR) is 62.4 cm³/mol. The van der Waals surface area contributed by atoms with Gasteiger partial charge in [0.2, 0.25) is 0 Å². The minimum absolute atomic E-state index is 0.0261. The fourth-order valence-corrected chi connectivity index (χ4v) is 1.23. The van der Waals surface area contributed by atoms with Crippen LogP contribution in [0.15, 0.2) is 0 Å². The van der Waals surface area contributed by atoms with Gasteiger partial charge in [-0.05, 0) is 6.42 Å². The molecular formula is C12H24O4. The first kappa shape index (κ1) is 15.4. The number of unbranched alkanes of at least 4 members (excludes halogenated alkanes) is 4. The Hall–Kier alpha value is -0.610. The summed E-state index contributed by atoms with van der Waals surface area (Å²) in [4.78, 5) is 11.1. The fraction of sp³-hybridized carbons (Fsp3) is 0.917. The molecule has 0 amide bonds. The monoisotopic (exact) mass is 232 g/mol. The van der Waals surface area contributed by atoms with E-state index < -0.39 is 0 Å². The molecule has 96 valence electrons. The lowest BCUT2D eigenvalue weighted by Gasteiger charge is -2.05. The predicted octanol–water partition coefficient (Wildman–Crippen LogP) is 2.16. The molecular weight excluding hydrogens is 208 g/mol. The molecule has 4 heteroatoms. The highest BCUT2D eigenvalue weighted by molar-refractivity contribution is 5.70. The van der Waals surface area contributed by atoms with Crippen molar-refractivity contribution >= 4 is 5.97 Å². The first-order valence-corrected chi connectivity index (χ1v) is 6.03. The molecule has 4 nitrogen and oxygen atoms in total. The van der Waals surface area contributed by atoms with Crippen molar-refractivity contribution in [1.29, 1.82) is 0 Å². The summed E-state index contributed by atoms with van der Waals surface area (Å²) in [6.07, 6.45) is 5.79. The van der Waals surface area contributed by atoms with Crippen LogP contribution in [0.2, 0.25) is 0 Å². The van der Waals surface area contributed by atoms with E-state index in [1.807, 2.05) is 0 Å². The lowest BCUT2D eigenvalue weighted by atomic mass is 10.2. The van der Waals surface area contributed by atoms with Crippen molar-refractivity contribution in [3.05, 3.63) is 0 Å². The third-order valence-electron chi connectivity index (χ3n) is 2.16. The summed E-state index contributed by atoms with van der Waals surface area (Å²) in [7, 11) is 1.60. The number of esters is 1. The van der Waals surface area contributed by atoms with Crippen LogP contribution in [-0.4, -0.2) is 39.5 Å². The number of carbonyl (C=O) groups is 1. The molecule has 0 saturated carbocycles. The molecule has 0 aromatic rings. The van der Waals surface area contributed by atoms with Gasteiger partial charge in [0.05, 0.1) is 19.8 Å². The maximum absolute atomic E-state index is 11.1. The number of carbonyl (C=O) groups excluding carboxylic acids is 1. The maximum atomic E-state index is 11.1. The Balaban J connectivity index is 3.11. The zero-order valence-corrected chi connectivity index (χ0v) is 10.5. The van der Waals surface area contributed by atoms with Gasteiger partial charge >= 0.3 is 5.97 Å². The minimum atomic E-state index is -0.286. The second-order valence-electron chi connectivity index (χ2n) is 3.68. The van der Waals surface area contributed by atoms with Crippen LogP contribution in [0, 0.1) is 0 Å². The van der Waals surface area contributed by atoms with Gasteiger partial charge in [-0.15, -0.1) is 0 Å². The van der Waals surface area contributed by atoms with E-state index in [4.69, 9.17) is 14.2 Å². The molecule has 0 aromatic heterocycles. The Morgan fingerprint density at radius 1 is 1.00 bits per heavy atom. The van der Waals surface area contributed by atoms with Crippen molar-refractivity contribution in [2.24, 2.45) is 0 Å². The van der Waals surface area contributed by atoms with Crippen molar-refractivity contribution in [2.75, 3.05) is 33.5 Å². The van der Waals surface area contributed by atoms with Crippen LogP contribution in [0.1, 0.15) is 39.0 Å². The van der Waals surface area contributed by atoms with E-state index >= 15 is 0 Å². The highest BCUT2D eigenvalue weighted by atomic mass is 16.6. The molecule has 0 aliphatic rings. The van der Waals surface area contributed by atoms with E-state index in [0.717, 1.165) is 12.8 Å². The van der Waals surface area contributed by atoms with Gasteiger partial charge in [0.25, 0.3) is 0 Å². The molecule has 0 N–H and O–H groups in total. The lowest BCUT2D eigenvalue weighted by molar-refractivity contribution is -0.149. The van der Waals surface area contributed by atoms with Gasteiger partial charge in [0.15, 0.2) is 0 Å². The Labute approximate surface area is 98.3 Å². The standard InChI is InChI=1S/C12H24O4/c1-3-4-5-6-7-8-16-12(13)11-15-10-9-14-2/h3-11H2,1-2H3. The second kappa shape index (κ2) is 12.5. The third kappa shape index (κ3) is 11.5. The van der Waals surface area contributed by atoms with Crippen molar-refractivity contribution < 1.29 is 19.0 Å². The van der Waals surface area contributed by atoms with Crippen LogP contribution >= 0.6 is 0 Å². The van der Waals surface area contributed by atoms with Gasteiger partial charge in [-0.3, -0.25) is 0 Å². The number of methoxy groups -OCH3 is 1. The van der Waals surface area contributed by atoms with E-state index in [0.29, 0.717) is 19.8 Å². The summed E-state index contributed by atoms with van der Waals surface area (Å²) in [6, 6.07) is 0. The molecule has 0 aliphatic carbocycles. The van der Waals surface area contributed by atoms with E-state index in [-0.39, 0.29) is 12.6 Å². The normalized spacial score (nSPS) is 10.4. The Morgan fingerprint density at radius 3 is 2.44 bits per heavy atom. The molecule has 0 saturated heterocycles. The van der Waals surface area contributed by atoms with Crippen LogP contribution < -0.4 is 0 Å². The van der Waals surface area contributed by atoms with Gasteiger partial charge in [0.1, 0.15) is 6.61 Å². The average Bonchev–Trinajstić information content (AvgIpc) is 2.29. The zero-order valence-electron chi connectivity index (χ0n) is 10.5. The number of hydrogen-bond acceptors (Lipinski definition) is 4. The van der Waals surface area contributed by atoms with Crippen molar-refractivity contribution in [1.82, 2.24) is 0 Å². The van der Waals surface area contributed by atoms with Gasteiger partial charge in [-0.25, -0.2) is 4.79 Å². The summed E-state index contributed by atoms with van der Waals surface area (Å²) >= 11 is 0. The zero-order chi connectivity index (χ0) is 12.1. The molecule has 0 heterocycles. The van der Waals surface area contributed by atoms with Crippen molar-refractivity contribution in [3.8, 4) is 0 Å². The smallest absolute Gasteiger partial charge is 0.332 e. The molecule has 0 radical (unpaired) electrons. The van der Waals surface area contributed by atoms with Crippen LogP contribution in [0.3, 0.4) is 0 Å². The molecule has 16 heavy (non-hydrogen) atoms. The lowest BCUT2D eigenvalue weighted by Crippen LogP contribution is -2.15. The Morgan fingerprint density at radius 2 is 1.75 bits per heavy atom. The first-order chi connectivity index (χ1) is 7.81. The van der Waals surface area contributed by atoms with Crippen LogP contribution in [-0.2, 0) is 19.0 Å². The van der Waals surface area contributed by atoms with Crippen LogP contribution in [0.4, 0.5) is 0 Å². The number of rotatable bonds is 11. The third-order valence-corrected chi connectivity index (χ3v) is 2.16. The number of ether oxygens (including phenoxy) is 3. The summed E-state index contributed by atoms with van der Waals surface area (Å²) in [5.41, 5.74) is 0. The average molecular weight is 232 g/mol. The maximum Gasteiger partial charge on any atom is 0.332 e. The van der Waals surface area contributed by atoms with E-state index in [1.165, 1.54) is 19.3 Å². The molecule has 0 aliphatic heterocycles. The second-order valence-corrected chi connectivity index (χ2v) is 3.68. The van der Waals surface area contributed by atoms with E-state index in [9.17, 15) is 4.79 Å². The van der Waals surface area contributed by atoms with E-state index in [2.05, 4.69) is 6.92 Å². The van der Waals surface area contributed by atoms with Crippen LogP contribution in [0.25, 0.3) is 0 Å². The molecule has 0 rings (SSSR count). The SMILES string of the molecule is CCCCCCCOC(=O)COCCOC. The summed E-state index contributed by atoms with van der Waals surface area (Å²) in [5.74, 6) is -0.286. The summed E-state index contributed by atoms with van der Waals surface area (Å²) in [6.45, 7) is 3.65. The Kier molecular flexibility index (Phi) is 12.0.